The highest BCUT2D eigenvalue weighted by Gasteiger charge is 2.43. The third kappa shape index (κ3) is 6.25. The van der Waals surface area contributed by atoms with Crippen molar-refractivity contribution >= 4 is 37.5 Å². The van der Waals surface area contributed by atoms with Crippen LogP contribution in [0.1, 0.15) is 30.6 Å². The van der Waals surface area contributed by atoms with Crippen molar-refractivity contribution in [2.75, 3.05) is 25.0 Å². The average Bonchev–Trinajstić information content (AvgIpc) is 2.97. The molecule has 0 aliphatic carbocycles. The third-order valence-corrected chi connectivity index (χ3v) is 10.5. The Morgan fingerprint density at radius 1 is 0.825 bits per heavy atom. The average molecular weight is 585 g/mol. The van der Waals surface area contributed by atoms with Crippen LogP contribution in [0, 0.1) is 0 Å². The number of sulfonamides is 2. The van der Waals surface area contributed by atoms with Gasteiger partial charge in [-0.15, -0.1) is 0 Å². The number of anilines is 1. The smallest absolute Gasteiger partial charge is 0.253 e. The predicted molar refractivity (Wildman–Crippen MR) is 152 cm³/mol. The maximum absolute atomic E-state index is 13.7. The number of rotatable bonds is 9. The summed E-state index contributed by atoms with van der Waals surface area (Å²) < 4.78 is 56.2. The fraction of sp³-hybridized carbons (Fsp3) is 0.286. The van der Waals surface area contributed by atoms with Crippen LogP contribution in [0.15, 0.2) is 94.7 Å². The number of piperazine rings is 1. The summed E-state index contributed by atoms with van der Waals surface area (Å²) >= 11 is 0. The van der Waals surface area contributed by atoms with E-state index in [0.717, 1.165) is 8.61 Å². The molecule has 0 unspecified atom stereocenters. The number of benzene rings is 3. The molecule has 1 aliphatic heterocycles. The summed E-state index contributed by atoms with van der Waals surface area (Å²) in [5, 5.41) is 5.54. The molecular formula is C28H32N4O6S2. The fourth-order valence-electron chi connectivity index (χ4n) is 4.34. The number of nitrogens with one attached hydrogen (secondary N) is 2. The Kier molecular flexibility index (Phi) is 9.04. The lowest BCUT2D eigenvalue weighted by Crippen LogP contribution is -2.60. The molecular weight excluding hydrogens is 552 g/mol. The molecule has 1 heterocycles. The summed E-state index contributed by atoms with van der Waals surface area (Å²) in [6.45, 7) is 3.00. The lowest BCUT2D eigenvalue weighted by atomic mass is 10.1. The van der Waals surface area contributed by atoms with Crippen molar-refractivity contribution in [1.29, 1.82) is 0 Å². The van der Waals surface area contributed by atoms with E-state index >= 15 is 0 Å². The number of amides is 2. The topological polar surface area (TPSA) is 133 Å². The van der Waals surface area contributed by atoms with Gasteiger partial charge in [0.25, 0.3) is 5.91 Å². The van der Waals surface area contributed by atoms with E-state index in [0.29, 0.717) is 6.42 Å². The molecule has 12 heteroatoms. The highest BCUT2D eigenvalue weighted by molar-refractivity contribution is 7.89. The molecule has 4 rings (SSSR count). The van der Waals surface area contributed by atoms with E-state index in [1.54, 1.807) is 60.7 Å². The minimum absolute atomic E-state index is 0.0134. The fourth-order valence-corrected chi connectivity index (χ4v) is 7.39. The van der Waals surface area contributed by atoms with Crippen molar-refractivity contribution in [3.63, 3.8) is 0 Å². The molecule has 10 nitrogen and oxygen atoms in total. The molecule has 2 amide bonds. The van der Waals surface area contributed by atoms with E-state index in [-0.39, 0.29) is 40.2 Å². The maximum atomic E-state index is 13.7. The minimum Gasteiger partial charge on any atom is -0.350 e. The van der Waals surface area contributed by atoms with E-state index in [4.69, 9.17) is 0 Å². The number of hydrogen-bond acceptors (Lipinski definition) is 6. The van der Waals surface area contributed by atoms with Gasteiger partial charge in [0.05, 0.1) is 21.0 Å². The molecule has 40 heavy (non-hydrogen) atoms. The van der Waals surface area contributed by atoms with Crippen LogP contribution >= 0.6 is 0 Å². The number of para-hydroxylation sites is 1. The molecule has 1 fully saturated rings. The van der Waals surface area contributed by atoms with Gasteiger partial charge in [0.2, 0.25) is 26.0 Å². The molecule has 0 aromatic heterocycles. The summed E-state index contributed by atoms with van der Waals surface area (Å²) in [5.74, 6) is -1.15. The standard InChI is InChI=1S/C28H32N4O6S2/c1-3-21(2)29-27(33)24-16-10-11-17-25(24)30-28(34)26-20-31(39(35,36)22-12-6-4-7-13-22)18-19-32(26)40(37,38)23-14-8-5-9-15-23/h4-17,21,26H,3,18-20H2,1-2H3,(H,29,33)(H,30,34)/t21-,26-/m1/s1. The first kappa shape index (κ1) is 29.4. The van der Waals surface area contributed by atoms with Gasteiger partial charge in [-0.3, -0.25) is 9.59 Å². The van der Waals surface area contributed by atoms with Crippen molar-refractivity contribution in [3.05, 3.63) is 90.5 Å². The molecule has 1 aliphatic rings. The monoisotopic (exact) mass is 584 g/mol. The van der Waals surface area contributed by atoms with Crippen molar-refractivity contribution in [1.82, 2.24) is 13.9 Å². The summed E-state index contributed by atoms with van der Waals surface area (Å²) in [7, 11) is -8.16. The van der Waals surface area contributed by atoms with Gasteiger partial charge in [-0.2, -0.15) is 8.61 Å². The van der Waals surface area contributed by atoms with E-state index in [1.165, 1.54) is 24.3 Å². The van der Waals surface area contributed by atoms with Gasteiger partial charge in [0, 0.05) is 25.7 Å². The van der Waals surface area contributed by atoms with Crippen molar-refractivity contribution in [2.24, 2.45) is 0 Å². The molecule has 0 radical (unpaired) electrons. The van der Waals surface area contributed by atoms with Crippen LogP contribution in [0.5, 0.6) is 0 Å². The Bertz CT molecular complexity index is 1560. The second-order valence-corrected chi connectivity index (χ2v) is 13.3. The van der Waals surface area contributed by atoms with Gasteiger partial charge in [-0.05, 0) is 49.7 Å². The van der Waals surface area contributed by atoms with Gasteiger partial charge in [0.15, 0.2) is 0 Å². The van der Waals surface area contributed by atoms with Crippen LogP contribution in [0.4, 0.5) is 5.69 Å². The van der Waals surface area contributed by atoms with Crippen LogP contribution in [0.2, 0.25) is 0 Å². The summed E-state index contributed by atoms with van der Waals surface area (Å²) in [6.07, 6.45) is 0.709. The first-order valence-electron chi connectivity index (χ1n) is 12.9. The zero-order chi connectivity index (χ0) is 28.9. The second kappa shape index (κ2) is 12.3. The van der Waals surface area contributed by atoms with Crippen molar-refractivity contribution in [3.8, 4) is 0 Å². The quantitative estimate of drug-likeness (QED) is 0.398. The first-order chi connectivity index (χ1) is 19.1. The van der Waals surface area contributed by atoms with Crippen molar-refractivity contribution in [2.45, 2.75) is 42.1 Å². The molecule has 2 N–H and O–H groups in total. The Morgan fingerprint density at radius 3 is 1.98 bits per heavy atom. The molecule has 2 atom stereocenters. The van der Waals surface area contributed by atoms with E-state index in [2.05, 4.69) is 10.6 Å². The number of carbonyl (C=O) groups excluding carboxylic acids is 2. The van der Waals surface area contributed by atoms with Crippen LogP contribution in [0.25, 0.3) is 0 Å². The summed E-state index contributed by atoms with van der Waals surface area (Å²) in [5.41, 5.74) is 0.395. The Hall–Kier alpha value is -3.58. The highest BCUT2D eigenvalue weighted by Crippen LogP contribution is 2.26. The first-order valence-corrected chi connectivity index (χ1v) is 15.8. The molecule has 212 valence electrons. The lowest BCUT2D eigenvalue weighted by Gasteiger charge is -2.39. The second-order valence-electron chi connectivity index (χ2n) is 9.44. The zero-order valence-corrected chi connectivity index (χ0v) is 23.9. The summed E-state index contributed by atoms with van der Waals surface area (Å²) in [4.78, 5) is 26.7. The third-order valence-electron chi connectivity index (χ3n) is 6.75. The normalized spacial score (nSPS) is 17.6. The Balaban J connectivity index is 1.69. The Morgan fingerprint density at radius 2 is 1.38 bits per heavy atom. The van der Waals surface area contributed by atoms with Crippen LogP contribution < -0.4 is 10.6 Å². The molecule has 3 aromatic carbocycles. The van der Waals surface area contributed by atoms with Crippen LogP contribution in [0.3, 0.4) is 0 Å². The lowest BCUT2D eigenvalue weighted by molar-refractivity contribution is -0.120. The van der Waals surface area contributed by atoms with Gasteiger partial charge < -0.3 is 10.6 Å². The van der Waals surface area contributed by atoms with Gasteiger partial charge in [-0.1, -0.05) is 55.5 Å². The van der Waals surface area contributed by atoms with E-state index in [9.17, 15) is 26.4 Å². The summed E-state index contributed by atoms with van der Waals surface area (Å²) in [6, 6.07) is 20.3. The Labute approximate surface area is 235 Å². The van der Waals surface area contributed by atoms with Crippen LogP contribution in [-0.4, -0.2) is 69.0 Å². The molecule has 0 saturated carbocycles. The predicted octanol–water partition coefficient (Wildman–Crippen LogP) is 2.92. The van der Waals surface area contributed by atoms with Gasteiger partial charge >= 0.3 is 0 Å². The largest absolute Gasteiger partial charge is 0.350 e. The molecule has 0 bridgehead atoms. The molecule has 1 saturated heterocycles. The van der Waals surface area contributed by atoms with Gasteiger partial charge in [0.1, 0.15) is 6.04 Å². The minimum atomic E-state index is -4.16. The molecule has 3 aromatic rings. The maximum Gasteiger partial charge on any atom is 0.253 e. The zero-order valence-electron chi connectivity index (χ0n) is 22.2. The number of nitrogens with zero attached hydrogens (tertiary/aromatic N) is 2. The molecule has 0 spiro atoms. The van der Waals surface area contributed by atoms with Crippen LogP contribution in [-0.2, 0) is 24.8 Å². The van der Waals surface area contributed by atoms with E-state index in [1.807, 2.05) is 13.8 Å². The van der Waals surface area contributed by atoms with Gasteiger partial charge in [-0.25, -0.2) is 16.8 Å². The highest BCUT2D eigenvalue weighted by atomic mass is 32.2. The number of hydrogen-bond donors (Lipinski definition) is 2. The van der Waals surface area contributed by atoms with Crippen molar-refractivity contribution < 1.29 is 26.4 Å². The van der Waals surface area contributed by atoms with E-state index < -0.39 is 44.4 Å². The number of carbonyl (C=O) groups is 2. The SMILES string of the molecule is CC[C@@H](C)NC(=O)c1ccccc1NC(=O)[C@H]1CN(S(=O)(=O)c2ccccc2)CCN1S(=O)(=O)c1ccccc1.